The summed E-state index contributed by atoms with van der Waals surface area (Å²) >= 11 is 0. The van der Waals surface area contributed by atoms with Crippen LogP contribution in [0.15, 0.2) is 42.5 Å². The Morgan fingerprint density at radius 3 is 2.24 bits per heavy atom. The lowest BCUT2D eigenvalue weighted by atomic mass is 9.71. The second-order valence-corrected chi connectivity index (χ2v) is 11.2. The van der Waals surface area contributed by atoms with Gasteiger partial charge in [-0.05, 0) is 94.6 Å². The van der Waals surface area contributed by atoms with E-state index in [0.29, 0.717) is 0 Å². The number of piperidine rings is 1. The first kappa shape index (κ1) is 25.4. The lowest BCUT2D eigenvalue weighted by Crippen LogP contribution is -2.44. The standard InChI is InChI=1S/C31H45NO2/c1-7-29(4,33-6)18-22-34-30(5,8-2)15-19-32-20-16-31(17-21-32)27-12-10-9-11-25(27)26-23-24(3)13-14-28(26)31/h9-14,23H,7-8,15-22H2,1-6H3. The number of benzene rings is 2. The fraction of sp³-hybridized carbons (Fsp3) is 0.613. The first-order chi connectivity index (χ1) is 16.3. The van der Waals surface area contributed by atoms with Gasteiger partial charge in [0.15, 0.2) is 0 Å². The molecule has 0 amide bonds. The zero-order valence-corrected chi connectivity index (χ0v) is 22.4. The van der Waals surface area contributed by atoms with Gasteiger partial charge in [-0.3, -0.25) is 0 Å². The lowest BCUT2D eigenvalue weighted by Gasteiger charge is -2.42. The summed E-state index contributed by atoms with van der Waals surface area (Å²) in [6.45, 7) is 15.3. The maximum atomic E-state index is 6.46. The van der Waals surface area contributed by atoms with Crippen molar-refractivity contribution in [2.24, 2.45) is 0 Å². The number of ether oxygens (including phenoxy) is 2. The molecule has 1 aliphatic heterocycles. The molecule has 186 valence electrons. The molecule has 3 heteroatoms. The van der Waals surface area contributed by atoms with Crippen molar-refractivity contribution in [3.63, 3.8) is 0 Å². The SMILES string of the molecule is CCC(C)(CCOC(C)(CC)CCN1CCC2(CC1)c1ccccc1-c1cc(C)ccc12)OC. The van der Waals surface area contributed by atoms with Crippen molar-refractivity contribution in [1.29, 1.82) is 0 Å². The molecule has 1 saturated heterocycles. The van der Waals surface area contributed by atoms with Crippen molar-refractivity contribution in [3.05, 3.63) is 59.2 Å². The smallest absolute Gasteiger partial charge is 0.0670 e. The van der Waals surface area contributed by atoms with Crippen molar-refractivity contribution in [2.75, 3.05) is 33.4 Å². The zero-order chi connectivity index (χ0) is 24.4. The van der Waals surface area contributed by atoms with Gasteiger partial charge in [-0.2, -0.15) is 0 Å². The Morgan fingerprint density at radius 2 is 1.56 bits per heavy atom. The second kappa shape index (κ2) is 10.1. The largest absolute Gasteiger partial charge is 0.378 e. The Balaban J connectivity index is 1.38. The van der Waals surface area contributed by atoms with E-state index in [4.69, 9.17) is 9.47 Å². The molecule has 34 heavy (non-hydrogen) atoms. The molecule has 1 fully saturated rings. The maximum Gasteiger partial charge on any atom is 0.0670 e. The van der Waals surface area contributed by atoms with Gasteiger partial charge in [0.25, 0.3) is 0 Å². The fourth-order valence-electron chi connectivity index (χ4n) is 5.96. The molecule has 1 spiro atoms. The fourth-order valence-corrected chi connectivity index (χ4v) is 5.96. The molecule has 0 bridgehead atoms. The summed E-state index contributed by atoms with van der Waals surface area (Å²) in [5.74, 6) is 0. The average molecular weight is 464 g/mol. The van der Waals surface area contributed by atoms with Gasteiger partial charge in [0, 0.05) is 19.1 Å². The van der Waals surface area contributed by atoms with Gasteiger partial charge in [-0.1, -0.05) is 61.9 Å². The molecule has 1 aliphatic carbocycles. The third-order valence-electron chi connectivity index (χ3n) is 9.16. The molecule has 2 atom stereocenters. The van der Waals surface area contributed by atoms with Crippen LogP contribution in [0.1, 0.15) is 82.9 Å². The molecule has 0 radical (unpaired) electrons. The number of aryl methyl sites for hydroxylation is 1. The van der Waals surface area contributed by atoms with Gasteiger partial charge in [0.2, 0.25) is 0 Å². The summed E-state index contributed by atoms with van der Waals surface area (Å²) in [7, 11) is 1.81. The van der Waals surface area contributed by atoms with Crippen LogP contribution in [0, 0.1) is 6.92 Å². The minimum Gasteiger partial charge on any atom is -0.378 e. The molecular weight excluding hydrogens is 418 g/mol. The predicted molar refractivity (Wildman–Crippen MR) is 143 cm³/mol. The Hall–Kier alpha value is -1.68. The molecular formula is C31H45NO2. The number of methoxy groups -OCH3 is 1. The summed E-state index contributed by atoms with van der Waals surface area (Å²) in [4.78, 5) is 2.67. The summed E-state index contributed by atoms with van der Waals surface area (Å²) in [6, 6.07) is 16.2. The van der Waals surface area contributed by atoms with Gasteiger partial charge in [0.1, 0.15) is 0 Å². The predicted octanol–water partition coefficient (Wildman–Crippen LogP) is 7.14. The average Bonchev–Trinajstić information content (AvgIpc) is 3.12. The molecule has 2 aliphatic rings. The molecule has 2 aromatic carbocycles. The Labute approximate surface area is 207 Å². The second-order valence-electron chi connectivity index (χ2n) is 11.2. The molecule has 2 unspecified atom stereocenters. The van der Waals surface area contributed by atoms with Gasteiger partial charge >= 0.3 is 0 Å². The Morgan fingerprint density at radius 1 is 0.882 bits per heavy atom. The van der Waals surface area contributed by atoms with E-state index in [1.807, 2.05) is 7.11 Å². The monoisotopic (exact) mass is 463 g/mol. The topological polar surface area (TPSA) is 21.7 Å². The molecule has 0 aromatic heterocycles. The maximum absolute atomic E-state index is 6.46. The zero-order valence-electron chi connectivity index (χ0n) is 22.4. The summed E-state index contributed by atoms with van der Waals surface area (Å²) < 4.78 is 12.2. The summed E-state index contributed by atoms with van der Waals surface area (Å²) in [5, 5.41) is 0. The highest BCUT2D eigenvalue weighted by Crippen LogP contribution is 2.54. The quantitative estimate of drug-likeness (QED) is 0.374. The first-order valence-electron chi connectivity index (χ1n) is 13.4. The molecule has 3 nitrogen and oxygen atoms in total. The van der Waals surface area contributed by atoms with Crippen molar-refractivity contribution in [1.82, 2.24) is 4.90 Å². The number of hydrogen-bond acceptors (Lipinski definition) is 3. The van der Waals surface area contributed by atoms with Crippen LogP contribution < -0.4 is 0 Å². The molecule has 0 saturated carbocycles. The van der Waals surface area contributed by atoms with E-state index < -0.39 is 0 Å². The van der Waals surface area contributed by atoms with E-state index in [1.165, 1.54) is 29.5 Å². The molecule has 0 N–H and O–H groups in total. The Kier molecular flexibility index (Phi) is 7.57. The number of nitrogens with zero attached hydrogens (tertiary/aromatic N) is 1. The van der Waals surface area contributed by atoms with E-state index in [-0.39, 0.29) is 16.6 Å². The molecule has 2 aromatic rings. The van der Waals surface area contributed by atoms with Gasteiger partial charge in [-0.15, -0.1) is 0 Å². The minimum absolute atomic E-state index is 0.0678. The summed E-state index contributed by atoms with van der Waals surface area (Å²) in [6.07, 6.45) is 6.48. The van der Waals surface area contributed by atoms with Crippen LogP contribution >= 0.6 is 0 Å². The van der Waals surface area contributed by atoms with E-state index in [1.54, 1.807) is 11.1 Å². The number of fused-ring (bicyclic) bond motifs is 5. The van der Waals surface area contributed by atoms with Crippen LogP contribution in [0.4, 0.5) is 0 Å². The van der Waals surface area contributed by atoms with E-state index >= 15 is 0 Å². The minimum atomic E-state index is -0.0811. The van der Waals surface area contributed by atoms with Gasteiger partial charge in [0.05, 0.1) is 17.8 Å². The third kappa shape index (κ3) is 4.85. The number of hydrogen-bond donors (Lipinski definition) is 0. The van der Waals surface area contributed by atoms with E-state index in [0.717, 1.165) is 51.9 Å². The highest BCUT2D eigenvalue weighted by atomic mass is 16.5. The molecule has 1 heterocycles. The van der Waals surface area contributed by atoms with Crippen molar-refractivity contribution < 1.29 is 9.47 Å². The van der Waals surface area contributed by atoms with Crippen LogP contribution in [-0.2, 0) is 14.9 Å². The van der Waals surface area contributed by atoms with Crippen LogP contribution in [0.5, 0.6) is 0 Å². The summed E-state index contributed by atoms with van der Waals surface area (Å²) in [5.41, 5.74) is 7.41. The first-order valence-corrected chi connectivity index (χ1v) is 13.4. The van der Waals surface area contributed by atoms with Crippen LogP contribution in [-0.4, -0.2) is 49.5 Å². The van der Waals surface area contributed by atoms with Crippen LogP contribution in [0.3, 0.4) is 0 Å². The normalized spacial score (nSPS) is 20.5. The highest BCUT2D eigenvalue weighted by molar-refractivity contribution is 5.81. The van der Waals surface area contributed by atoms with Crippen LogP contribution in [0.2, 0.25) is 0 Å². The van der Waals surface area contributed by atoms with Crippen molar-refractivity contribution in [2.45, 2.75) is 89.8 Å². The van der Waals surface area contributed by atoms with E-state index in [2.05, 4.69) is 82.0 Å². The van der Waals surface area contributed by atoms with Crippen molar-refractivity contribution >= 4 is 0 Å². The lowest BCUT2D eigenvalue weighted by molar-refractivity contribution is -0.0808. The van der Waals surface area contributed by atoms with Crippen LogP contribution in [0.25, 0.3) is 11.1 Å². The van der Waals surface area contributed by atoms with Gasteiger partial charge in [-0.25, -0.2) is 0 Å². The van der Waals surface area contributed by atoms with Crippen molar-refractivity contribution in [3.8, 4) is 11.1 Å². The third-order valence-corrected chi connectivity index (χ3v) is 9.16. The van der Waals surface area contributed by atoms with E-state index in [9.17, 15) is 0 Å². The highest BCUT2D eigenvalue weighted by Gasteiger charge is 2.45. The van der Waals surface area contributed by atoms with Gasteiger partial charge < -0.3 is 14.4 Å². The Bertz CT molecular complexity index is 971. The molecule has 4 rings (SSSR count). The number of rotatable bonds is 10. The number of likely N-dealkylation sites (tertiary alicyclic amines) is 1.